The molecule has 0 unspecified atom stereocenters. The fourth-order valence-corrected chi connectivity index (χ4v) is 2.98. The van der Waals surface area contributed by atoms with Gasteiger partial charge in [-0.1, -0.05) is 30.3 Å². The molecular formula is C16H13N5O3S. The quantitative estimate of drug-likeness (QED) is 0.612. The lowest BCUT2D eigenvalue weighted by Gasteiger charge is -2.05. The molecule has 3 N–H and O–H groups in total. The molecule has 8 nitrogen and oxygen atoms in total. The minimum Gasteiger partial charge on any atom is -0.268 e. The second-order valence-corrected chi connectivity index (χ2v) is 6.01. The predicted molar refractivity (Wildman–Crippen MR) is 92.1 cm³/mol. The zero-order chi connectivity index (χ0) is 17.8. The van der Waals surface area contributed by atoms with E-state index in [-0.39, 0.29) is 5.69 Å². The Balaban J connectivity index is 1.69. The predicted octanol–water partition coefficient (Wildman–Crippen LogP) is 1.28. The van der Waals surface area contributed by atoms with Crippen molar-refractivity contribution in [3.05, 3.63) is 69.1 Å². The minimum absolute atomic E-state index is 0.0223. The van der Waals surface area contributed by atoms with Crippen LogP contribution in [-0.4, -0.2) is 27.0 Å². The van der Waals surface area contributed by atoms with Crippen molar-refractivity contribution in [1.82, 2.24) is 26.0 Å². The average Bonchev–Trinajstić information content (AvgIpc) is 3.02. The van der Waals surface area contributed by atoms with Gasteiger partial charge in [-0.3, -0.25) is 25.2 Å². The molecule has 2 amide bonds. The number of rotatable bonds is 3. The Bertz CT molecular complexity index is 960. The zero-order valence-corrected chi connectivity index (χ0v) is 13.9. The Morgan fingerprint density at radius 3 is 2.44 bits per heavy atom. The minimum atomic E-state index is -0.643. The van der Waals surface area contributed by atoms with Gasteiger partial charge in [-0.2, -0.15) is 5.10 Å². The standard InChI is InChI=1S/C16H13N5O3S/c1-9-13(25-16(17-9)10-5-3-2-4-6-10)15(24)21-20-14(23)11-7-8-12(22)19-18-11/h2-8H,1H3,(H,19,22)(H,20,23)(H,21,24). The second-order valence-electron chi connectivity index (χ2n) is 5.01. The van der Waals surface area contributed by atoms with Crippen LogP contribution >= 0.6 is 11.3 Å². The first-order valence-electron chi connectivity index (χ1n) is 7.24. The number of hydrazine groups is 1. The van der Waals surface area contributed by atoms with E-state index in [4.69, 9.17) is 0 Å². The Hall–Kier alpha value is -3.33. The lowest BCUT2D eigenvalue weighted by Crippen LogP contribution is -2.42. The molecule has 9 heteroatoms. The summed E-state index contributed by atoms with van der Waals surface area (Å²) in [6, 6.07) is 11.9. The lowest BCUT2D eigenvalue weighted by molar-refractivity contribution is 0.0845. The highest BCUT2D eigenvalue weighted by Gasteiger charge is 2.17. The third-order valence-electron chi connectivity index (χ3n) is 3.22. The van der Waals surface area contributed by atoms with Crippen LogP contribution in [-0.2, 0) is 0 Å². The summed E-state index contributed by atoms with van der Waals surface area (Å²) in [4.78, 5) is 39.9. The summed E-state index contributed by atoms with van der Waals surface area (Å²) in [5, 5.41) is 6.44. The van der Waals surface area contributed by atoms with Gasteiger partial charge in [-0.15, -0.1) is 11.3 Å². The first kappa shape index (κ1) is 16.5. The van der Waals surface area contributed by atoms with Crippen molar-refractivity contribution < 1.29 is 9.59 Å². The van der Waals surface area contributed by atoms with Gasteiger partial charge in [0.2, 0.25) is 0 Å². The van der Waals surface area contributed by atoms with E-state index in [2.05, 4.69) is 26.0 Å². The molecule has 0 saturated carbocycles. The number of aromatic amines is 1. The van der Waals surface area contributed by atoms with Gasteiger partial charge in [0.1, 0.15) is 9.88 Å². The Labute approximate surface area is 145 Å². The maximum absolute atomic E-state index is 12.3. The van der Waals surface area contributed by atoms with Crippen molar-refractivity contribution in [3.8, 4) is 10.6 Å². The van der Waals surface area contributed by atoms with Crippen LogP contribution in [0.3, 0.4) is 0 Å². The molecule has 0 bridgehead atoms. The van der Waals surface area contributed by atoms with Crippen molar-refractivity contribution in [2.24, 2.45) is 0 Å². The number of thiazole rings is 1. The van der Waals surface area contributed by atoms with Gasteiger partial charge in [-0.25, -0.2) is 10.1 Å². The highest BCUT2D eigenvalue weighted by molar-refractivity contribution is 7.17. The summed E-state index contributed by atoms with van der Waals surface area (Å²) >= 11 is 1.23. The fourth-order valence-electron chi connectivity index (χ4n) is 2.02. The molecule has 0 atom stereocenters. The highest BCUT2D eigenvalue weighted by atomic mass is 32.1. The molecule has 0 aliphatic carbocycles. The van der Waals surface area contributed by atoms with E-state index in [1.54, 1.807) is 6.92 Å². The first-order valence-corrected chi connectivity index (χ1v) is 8.05. The van der Waals surface area contributed by atoms with Crippen molar-refractivity contribution in [3.63, 3.8) is 0 Å². The van der Waals surface area contributed by atoms with Gasteiger partial charge in [0, 0.05) is 11.6 Å². The van der Waals surface area contributed by atoms with Gasteiger partial charge in [0.15, 0.2) is 5.69 Å². The van der Waals surface area contributed by atoms with Gasteiger partial charge < -0.3 is 0 Å². The number of hydrogen-bond donors (Lipinski definition) is 3. The van der Waals surface area contributed by atoms with Gasteiger partial charge in [-0.05, 0) is 13.0 Å². The van der Waals surface area contributed by atoms with Crippen LogP contribution in [0.5, 0.6) is 0 Å². The molecule has 0 aliphatic heterocycles. The van der Waals surface area contributed by atoms with Gasteiger partial charge in [0.25, 0.3) is 17.4 Å². The maximum atomic E-state index is 12.3. The number of amides is 2. The average molecular weight is 355 g/mol. The molecule has 1 aromatic carbocycles. The van der Waals surface area contributed by atoms with Crippen molar-refractivity contribution in [2.75, 3.05) is 0 Å². The summed E-state index contributed by atoms with van der Waals surface area (Å²) in [6.07, 6.45) is 0. The maximum Gasteiger partial charge on any atom is 0.290 e. The number of nitrogens with zero attached hydrogens (tertiary/aromatic N) is 2. The van der Waals surface area contributed by atoms with E-state index >= 15 is 0 Å². The van der Waals surface area contributed by atoms with Gasteiger partial charge in [0.05, 0.1) is 5.69 Å². The number of H-pyrrole nitrogens is 1. The van der Waals surface area contributed by atoms with Crippen molar-refractivity contribution in [1.29, 1.82) is 0 Å². The number of hydrogen-bond acceptors (Lipinski definition) is 6. The summed E-state index contributed by atoms with van der Waals surface area (Å²) in [5.74, 6) is -1.12. The summed E-state index contributed by atoms with van der Waals surface area (Å²) in [5.41, 5.74) is 5.60. The van der Waals surface area contributed by atoms with Crippen LogP contribution in [0.15, 0.2) is 47.3 Å². The Kier molecular flexibility index (Phi) is 4.66. The van der Waals surface area contributed by atoms with Crippen LogP contribution in [0.25, 0.3) is 10.6 Å². The monoisotopic (exact) mass is 355 g/mol. The topological polar surface area (TPSA) is 117 Å². The summed E-state index contributed by atoms with van der Waals surface area (Å²) in [7, 11) is 0. The van der Waals surface area contributed by atoms with E-state index in [0.717, 1.165) is 10.6 Å². The zero-order valence-electron chi connectivity index (χ0n) is 13.1. The number of benzene rings is 1. The fraction of sp³-hybridized carbons (Fsp3) is 0.0625. The lowest BCUT2D eigenvalue weighted by atomic mass is 10.2. The number of carbonyl (C=O) groups is 2. The third-order valence-corrected chi connectivity index (χ3v) is 4.43. The number of nitrogens with one attached hydrogen (secondary N) is 3. The van der Waals surface area contributed by atoms with E-state index < -0.39 is 17.4 Å². The third kappa shape index (κ3) is 3.78. The van der Waals surface area contributed by atoms with E-state index in [1.807, 2.05) is 30.3 Å². The smallest absolute Gasteiger partial charge is 0.268 e. The second kappa shape index (κ2) is 7.05. The van der Waals surface area contributed by atoms with Crippen molar-refractivity contribution >= 4 is 23.2 Å². The van der Waals surface area contributed by atoms with E-state index in [1.165, 1.54) is 23.5 Å². The molecule has 126 valence electrons. The number of aromatic nitrogens is 3. The molecule has 25 heavy (non-hydrogen) atoms. The molecule has 0 spiro atoms. The molecule has 2 heterocycles. The van der Waals surface area contributed by atoms with Crippen molar-refractivity contribution in [2.45, 2.75) is 6.92 Å². The molecular weight excluding hydrogens is 342 g/mol. The molecule has 0 aliphatic rings. The molecule has 0 fully saturated rings. The first-order chi connectivity index (χ1) is 12.0. The molecule has 3 rings (SSSR count). The Morgan fingerprint density at radius 1 is 1.04 bits per heavy atom. The van der Waals surface area contributed by atoms with Crippen LogP contribution in [0.4, 0.5) is 0 Å². The molecule has 0 saturated heterocycles. The molecule has 2 aromatic heterocycles. The summed E-state index contributed by atoms with van der Waals surface area (Å²) < 4.78 is 0. The molecule has 0 radical (unpaired) electrons. The van der Waals surface area contributed by atoms with Gasteiger partial charge >= 0.3 is 0 Å². The number of aryl methyl sites for hydroxylation is 1. The normalized spacial score (nSPS) is 10.3. The number of carbonyl (C=O) groups excluding carboxylic acids is 2. The van der Waals surface area contributed by atoms with E-state index in [9.17, 15) is 14.4 Å². The summed E-state index contributed by atoms with van der Waals surface area (Å²) in [6.45, 7) is 1.73. The van der Waals surface area contributed by atoms with E-state index in [0.29, 0.717) is 10.6 Å². The van der Waals surface area contributed by atoms with Crippen LogP contribution in [0, 0.1) is 6.92 Å². The van der Waals surface area contributed by atoms with Crippen LogP contribution < -0.4 is 16.4 Å². The largest absolute Gasteiger partial charge is 0.290 e. The Morgan fingerprint density at radius 2 is 1.76 bits per heavy atom. The molecule has 3 aromatic rings. The van der Waals surface area contributed by atoms with Crippen LogP contribution in [0.2, 0.25) is 0 Å². The SMILES string of the molecule is Cc1nc(-c2ccccc2)sc1C(=O)NNC(=O)c1ccc(=O)[nH]n1. The van der Waals surface area contributed by atoms with Crippen LogP contribution in [0.1, 0.15) is 25.9 Å². The highest BCUT2D eigenvalue weighted by Crippen LogP contribution is 2.27.